The van der Waals surface area contributed by atoms with Crippen molar-refractivity contribution in [2.24, 2.45) is 5.14 Å². The summed E-state index contributed by atoms with van der Waals surface area (Å²) >= 11 is 12.6. The summed E-state index contributed by atoms with van der Waals surface area (Å²) in [5, 5.41) is 5.80. The Morgan fingerprint density at radius 2 is 1.79 bits per heavy atom. The van der Waals surface area contributed by atoms with Gasteiger partial charge in [-0.05, 0) is 25.0 Å². The van der Waals surface area contributed by atoms with E-state index in [0.717, 1.165) is 32.1 Å². The van der Waals surface area contributed by atoms with Gasteiger partial charge in [0, 0.05) is 28.5 Å². The van der Waals surface area contributed by atoms with Gasteiger partial charge in [-0.15, -0.1) is 0 Å². The Bertz CT molecular complexity index is 686. The minimum atomic E-state index is -4.08. The van der Waals surface area contributed by atoms with Crippen molar-refractivity contribution in [2.75, 3.05) is 6.61 Å². The van der Waals surface area contributed by atoms with Crippen LogP contribution in [0.4, 0.5) is 0 Å². The summed E-state index contributed by atoms with van der Waals surface area (Å²) in [7, 11) is -4.08. The maximum absolute atomic E-state index is 11.1. The summed E-state index contributed by atoms with van der Waals surface area (Å²) in [6, 6.07) is 5.14. The molecule has 1 aliphatic carbocycles. The van der Waals surface area contributed by atoms with Crippen LogP contribution in [0.2, 0.25) is 10.0 Å². The Hall–Kier alpha value is -0.410. The van der Waals surface area contributed by atoms with E-state index in [4.69, 9.17) is 42.0 Å². The van der Waals surface area contributed by atoms with Crippen molar-refractivity contribution in [1.29, 1.82) is 0 Å². The molecule has 1 spiro atoms. The van der Waals surface area contributed by atoms with Crippen LogP contribution in [-0.4, -0.2) is 26.9 Å². The van der Waals surface area contributed by atoms with Gasteiger partial charge in [0.25, 0.3) is 0 Å². The van der Waals surface area contributed by atoms with E-state index in [-0.39, 0.29) is 6.61 Å². The second-order valence-corrected chi connectivity index (χ2v) is 8.11. The Morgan fingerprint density at radius 1 is 1.17 bits per heavy atom. The topological polar surface area (TPSA) is 87.9 Å². The second kappa shape index (κ2) is 7.07. The van der Waals surface area contributed by atoms with E-state index >= 15 is 0 Å². The molecule has 1 aromatic rings. The second-order valence-electron chi connectivity index (χ2n) is 6.08. The van der Waals surface area contributed by atoms with Gasteiger partial charge in [-0.1, -0.05) is 35.7 Å². The molecule has 0 aromatic heterocycles. The molecule has 1 aromatic carbocycles. The first-order valence-electron chi connectivity index (χ1n) is 7.76. The van der Waals surface area contributed by atoms with Gasteiger partial charge in [-0.25, -0.2) is 5.14 Å². The standard InChI is InChI=1S/C15H19Cl2NO5S/c16-10-5-4-6-11(17)13(10)14-12(9-21-24(18,19)20)22-15(23-14)7-2-1-3-8-15/h4-6,12,14H,1-3,7-9H2,(H2,18,19,20)/t12-,14+/m1/s1. The van der Waals surface area contributed by atoms with E-state index in [1.165, 1.54) is 0 Å². The van der Waals surface area contributed by atoms with Crippen molar-refractivity contribution in [2.45, 2.75) is 50.1 Å². The number of hydrogen-bond donors (Lipinski definition) is 1. The first-order valence-corrected chi connectivity index (χ1v) is 9.99. The highest BCUT2D eigenvalue weighted by Gasteiger charge is 2.49. The van der Waals surface area contributed by atoms with E-state index in [0.29, 0.717) is 15.6 Å². The zero-order valence-electron chi connectivity index (χ0n) is 12.9. The van der Waals surface area contributed by atoms with Crippen LogP contribution in [-0.2, 0) is 24.0 Å². The lowest BCUT2D eigenvalue weighted by molar-refractivity contribution is -0.196. The highest BCUT2D eigenvalue weighted by molar-refractivity contribution is 7.84. The van der Waals surface area contributed by atoms with Gasteiger partial charge in [0.1, 0.15) is 12.2 Å². The molecule has 9 heteroatoms. The molecule has 0 amide bonds. The van der Waals surface area contributed by atoms with Gasteiger partial charge < -0.3 is 9.47 Å². The smallest absolute Gasteiger partial charge is 0.333 e. The third-order valence-corrected chi connectivity index (χ3v) is 5.47. The quantitative estimate of drug-likeness (QED) is 0.844. The van der Waals surface area contributed by atoms with Gasteiger partial charge in [0.2, 0.25) is 0 Å². The van der Waals surface area contributed by atoms with Gasteiger partial charge in [-0.3, -0.25) is 4.18 Å². The molecule has 0 radical (unpaired) electrons. The largest absolute Gasteiger partial charge is 0.341 e. The van der Waals surface area contributed by atoms with Gasteiger partial charge in [0.15, 0.2) is 5.79 Å². The molecule has 1 saturated heterocycles. The SMILES string of the molecule is NS(=O)(=O)OC[C@H]1OC2(CCCCC2)O[C@@H]1c1c(Cl)cccc1Cl. The Morgan fingerprint density at radius 3 is 2.38 bits per heavy atom. The lowest BCUT2D eigenvalue weighted by Crippen LogP contribution is -2.34. The monoisotopic (exact) mass is 395 g/mol. The predicted molar refractivity (Wildman–Crippen MR) is 90.0 cm³/mol. The zero-order chi connectivity index (χ0) is 17.4. The number of halogens is 2. The molecular formula is C15H19Cl2NO5S. The van der Waals surface area contributed by atoms with Crippen LogP contribution in [0.15, 0.2) is 18.2 Å². The fourth-order valence-electron chi connectivity index (χ4n) is 3.31. The summed E-state index contributed by atoms with van der Waals surface area (Å²) in [5.74, 6) is -0.752. The summed E-state index contributed by atoms with van der Waals surface area (Å²) < 4.78 is 39.3. The summed E-state index contributed by atoms with van der Waals surface area (Å²) in [5.41, 5.74) is 0.575. The molecule has 3 rings (SSSR count). The van der Waals surface area contributed by atoms with Crippen LogP contribution in [0.25, 0.3) is 0 Å². The molecule has 1 aliphatic heterocycles. The number of benzene rings is 1. The molecule has 24 heavy (non-hydrogen) atoms. The van der Waals surface area contributed by atoms with Crippen molar-refractivity contribution < 1.29 is 22.1 Å². The third kappa shape index (κ3) is 4.04. The van der Waals surface area contributed by atoms with Crippen molar-refractivity contribution in [3.8, 4) is 0 Å². The average Bonchev–Trinajstić information content (AvgIpc) is 2.83. The van der Waals surface area contributed by atoms with Crippen molar-refractivity contribution in [1.82, 2.24) is 0 Å². The molecule has 2 aliphatic rings. The highest BCUT2D eigenvalue weighted by Crippen LogP contribution is 2.48. The highest BCUT2D eigenvalue weighted by atomic mass is 35.5. The normalized spacial score (nSPS) is 26.8. The lowest BCUT2D eigenvalue weighted by Gasteiger charge is -2.32. The Balaban J connectivity index is 1.90. The number of rotatable bonds is 4. The van der Waals surface area contributed by atoms with Gasteiger partial charge in [0.05, 0.1) is 6.61 Å². The fourth-order valence-corrected chi connectivity index (χ4v) is 4.25. The fraction of sp³-hybridized carbons (Fsp3) is 0.600. The van der Waals surface area contributed by atoms with Crippen LogP contribution in [0.1, 0.15) is 43.8 Å². The van der Waals surface area contributed by atoms with E-state index < -0.39 is 28.3 Å². The molecule has 0 unspecified atom stereocenters. The first kappa shape index (κ1) is 18.4. The van der Waals surface area contributed by atoms with Crippen LogP contribution in [0.3, 0.4) is 0 Å². The van der Waals surface area contributed by atoms with E-state index in [1.54, 1.807) is 18.2 Å². The molecule has 1 saturated carbocycles. The van der Waals surface area contributed by atoms with Crippen LogP contribution < -0.4 is 5.14 Å². The van der Waals surface area contributed by atoms with Crippen LogP contribution in [0.5, 0.6) is 0 Å². The predicted octanol–water partition coefficient (Wildman–Crippen LogP) is 3.33. The maximum atomic E-state index is 11.1. The molecule has 2 N–H and O–H groups in total. The Kier molecular flexibility index (Phi) is 5.42. The minimum absolute atomic E-state index is 0.257. The molecule has 1 heterocycles. The molecule has 6 nitrogen and oxygen atoms in total. The van der Waals surface area contributed by atoms with Gasteiger partial charge >= 0.3 is 10.3 Å². The Labute approximate surface area is 151 Å². The van der Waals surface area contributed by atoms with Crippen molar-refractivity contribution in [3.05, 3.63) is 33.8 Å². The van der Waals surface area contributed by atoms with E-state index in [2.05, 4.69) is 0 Å². The number of nitrogens with two attached hydrogens (primary N) is 1. The number of ether oxygens (including phenoxy) is 2. The van der Waals surface area contributed by atoms with Gasteiger partial charge in [-0.2, -0.15) is 8.42 Å². The zero-order valence-corrected chi connectivity index (χ0v) is 15.2. The lowest BCUT2D eigenvalue weighted by atomic mass is 9.94. The third-order valence-electron chi connectivity index (χ3n) is 4.34. The van der Waals surface area contributed by atoms with Crippen molar-refractivity contribution >= 4 is 33.5 Å². The molecule has 0 bridgehead atoms. The van der Waals surface area contributed by atoms with E-state index in [9.17, 15) is 8.42 Å². The maximum Gasteiger partial charge on any atom is 0.333 e. The summed E-state index contributed by atoms with van der Waals surface area (Å²) in [6.45, 7) is -0.257. The van der Waals surface area contributed by atoms with Crippen LogP contribution >= 0.6 is 23.2 Å². The van der Waals surface area contributed by atoms with Crippen molar-refractivity contribution in [3.63, 3.8) is 0 Å². The first-order chi connectivity index (χ1) is 11.3. The molecule has 2 fully saturated rings. The molecule has 2 atom stereocenters. The minimum Gasteiger partial charge on any atom is -0.341 e. The average molecular weight is 396 g/mol. The summed E-state index contributed by atoms with van der Waals surface area (Å²) in [4.78, 5) is 0. The number of hydrogen-bond acceptors (Lipinski definition) is 5. The van der Waals surface area contributed by atoms with E-state index in [1.807, 2.05) is 0 Å². The molecular weight excluding hydrogens is 377 g/mol. The summed E-state index contributed by atoms with van der Waals surface area (Å²) in [6.07, 6.45) is 3.25. The molecule has 134 valence electrons. The van der Waals surface area contributed by atoms with Crippen LogP contribution in [0, 0.1) is 0 Å².